The van der Waals surface area contributed by atoms with Crippen molar-refractivity contribution in [3.8, 4) is 0 Å². The van der Waals surface area contributed by atoms with E-state index < -0.39 is 0 Å². The van der Waals surface area contributed by atoms with Crippen LogP contribution in [0.2, 0.25) is 0 Å². The Balaban J connectivity index is 1.33. The fourth-order valence-corrected chi connectivity index (χ4v) is 3.71. The number of hydrogen-bond donors (Lipinski definition) is 2. The summed E-state index contributed by atoms with van der Waals surface area (Å²) in [6, 6.07) is 11.9. The number of hydrogen-bond acceptors (Lipinski definition) is 4. The van der Waals surface area contributed by atoms with E-state index in [-0.39, 0.29) is 0 Å². The highest BCUT2D eigenvalue weighted by atomic mass is 16.5. The minimum absolute atomic E-state index is 0.518. The Morgan fingerprint density at radius 3 is 3.00 bits per heavy atom. The molecule has 4 nitrogen and oxygen atoms in total. The molecule has 0 spiro atoms. The summed E-state index contributed by atoms with van der Waals surface area (Å²) in [5.74, 6) is 0.789. The van der Waals surface area contributed by atoms with Gasteiger partial charge >= 0.3 is 0 Å². The smallest absolute Gasteiger partial charge is 0.0620 e. The van der Waals surface area contributed by atoms with Crippen molar-refractivity contribution in [2.75, 3.05) is 39.4 Å². The summed E-state index contributed by atoms with van der Waals surface area (Å²) in [7, 11) is 0. The van der Waals surface area contributed by atoms with E-state index in [2.05, 4.69) is 52.8 Å². The van der Waals surface area contributed by atoms with Crippen LogP contribution in [0.1, 0.15) is 25.3 Å². The standard InChI is InChI=1S/C19H31N3O/c1-16(11-19-15-23-10-8-20-19)21-12-18-7-9-22(14-18)13-17-5-3-2-4-6-17/h2-6,16,18-21H,7-15H2,1H3. The molecule has 3 unspecified atom stereocenters. The van der Waals surface area contributed by atoms with E-state index >= 15 is 0 Å². The Morgan fingerprint density at radius 1 is 1.35 bits per heavy atom. The summed E-state index contributed by atoms with van der Waals surface area (Å²) in [5.41, 5.74) is 1.43. The Hall–Kier alpha value is -0.940. The molecule has 3 rings (SSSR count). The van der Waals surface area contributed by atoms with Gasteiger partial charge in [0.25, 0.3) is 0 Å². The van der Waals surface area contributed by atoms with Crippen LogP contribution in [-0.4, -0.2) is 56.4 Å². The number of likely N-dealkylation sites (tertiary alicyclic amines) is 1. The van der Waals surface area contributed by atoms with Crippen molar-refractivity contribution in [2.24, 2.45) is 5.92 Å². The van der Waals surface area contributed by atoms with E-state index in [9.17, 15) is 0 Å². The van der Waals surface area contributed by atoms with Crippen molar-refractivity contribution in [3.05, 3.63) is 35.9 Å². The normalized spacial score (nSPS) is 27.2. The number of nitrogens with one attached hydrogen (secondary N) is 2. The zero-order chi connectivity index (χ0) is 15.9. The minimum atomic E-state index is 0.518. The monoisotopic (exact) mass is 317 g/mol. The van der Waals surface area contributed by atoms with E-state index in [4.69, 9.17) is 4.74 Å². The molecule has 2 N–H and O–H groups in total. The van der Waals surface area contributed by atoms with Gasteiger partial charge in [-0.25, -0.2) is 0 Å². The van der Waals surface area contributed by atoms with Crippen LogP contribution in [-0.2, 0) is 11.3 Å². The second-order valence-corrected chi connectivity index (χ2v) is 7.15. The zero-order valence-electron chi connectivity index (χ0n) is 14.3. The highest BCUT2D eigenvalue weighted by Crippen LogP contribution is 2.18. The van der Waals surface area contributed by atoms with E-state index in [0.29, 0.717) is 12.1 Å². The van der Waals surface area contributed by atoms with Gasteiger partial charge in [-0.3, -0.25) is 4.90 Å². The maximum Gasteiger partial charge on any atom is 0.0620 e. The van der Waals surface area contributed by atoms with Gasteiger partial charge in [0.15, 0.2) is 0 Å². The fraction of sp³-hybridized carbons (Fsp3) is 0.684. The molecule has 4 heteroatoms. The Bertz CT molecular complexity index is 447. The van der Waals surface area contributed by atoms with Crippen molar-refractivity contribution < 1.29 is 4.74 Å². The minimum Gasteiger partial charge on any atom is -0.379 e. The summed E-state index contributed by atoms with van der Waals surface area (Å²) >= 11 is 0. The van der Waals surface area contributed by atoms with E-state index in [1.165, 1.54) is 25.1 Å². The fourth-order valence-electron chi connectivity index (χ4n) is 3.71. The lowest BCUT2D eigenvalue weighted by Crippen LogP contribution is -2.45. The van der Waals surface area contributed by atoms with Gasteiger partial charge in [0.05, 0.1) is 13.2 Å². The number of morpholine rings is 1. The number of benzene rings is 1. The average molecular weight is 317 g/mol. The van der Waals surface area contributed by atoms with E-state index in [1.54, 1.807) is 0 Å². The molecule has 0 radical (unpaired) electrons. The molecule has 2 aliphatic heterocycles. The van der Waals surface area contributed by atoms with Gasteiger partial charge in [0.1, 0.15) is 0 Å². The highest BCUT2D eigenvalue weighted by molar-refractivity contribution is 5.14. The van der Waals surface area contributed by atoms with Gasteiger partial charge in [-0.2, -0.15) is 0 Å². The van der Waals surface area contributed by atoms with Crippen LogP contribution in [0.25, 0.3) is 0 Å². The second kappa shape index (κ2) is 8.78. The first-order chi connectivity index (χ1) is 11.3. The van der Waals surface area contributed by atoms with Gasteiger partial charge in [-0.1, -0.05) is 30.3 Å². The number of nitrogens with zero attached hydrogens (tertiary/aromatic N) is 1. The second-order valence-electron chi connectivity index (χ2n) is 7.15. The predicted molar refractivity (Wildman–Crippen MR) is 94.5 cm³/mol. The van der Waals surface area contributed by atoms with E-state index in [1.807, 2.05) is 0 Å². The first kappa shape index (κ1) is 16.9. The molecule has 2 heterocycles. The van der Waals surface area contributed by atoms with Gasteiger partial charge in [0.2, 0.25) is 0 Å². The molecule has 2 saturated heterocycles. The lowest BCUT2D eigenvalue weighted by molar-refractivity contribution is 0.0711. The molecule has 23 heavy (non-hydrogen) atoms. The van der Waals surface area contributed by atoms with Crippen molar-refractivity contribution in [2.45, 2.75) is 38.4 Å². The molecule has 1 aromatic rings. The van der Waals surface area contributed by atoms with Crippen LogP contribution >= 0.6 is 0 Å². The molecule has 1 aromatic carbocycles. The van der Waals surface area contributed by atoms with Gasteiger partial charge in [-0.15, -0.1) is 0 Å². The van der Waals surface area contributed by atoms with Crippen LogP contribution in [0.15, 0.2) is 30.3 Å². The molecule has 2 aliphatic rings. The van der Waals surface area contributed by atoms with Crippen LogP contribution in [0, 0.1) is 5.92 Å². The lowest BCUT2D eigenvalue weighted by Gasteiger charge is -2.27. The molecule has 0 aromatic heterocycles. The van der Waals surface area contributed by atoms with Crippen LogP contribution in [0.5, 0.6) is 0 Å². The first-order valence-corrected chi connectivity index (χ1v) is 9.10. The maximum atomic E-state index is 5.53. The Kier molecular flexibility index (Phi) is 6.46. The highest BCUT2D eigenvalue weighted by Gasteiger charge is 2.23. The van der Waals surface area contributed by atoms with Gasteiger partial charge in [0, 0.05) is 31.7 Å². The quantitative estimate of drug-likeness (QED) is 0.805. The van der Waals surface area contributed by atoms with Crippen LogP contribution in [0.4, 0.5) is 0 Å². The average Bonchev–Trinajstić information content (AvgIpc) is 3.02. The third kappa shape index (κ3) is 5.57. The summed E-state index contributed by atoms with van der Waals surface area (Å²) in [6.07, 6.45) is 2.47. The van der Waals surface area contributed by atoms with Crippen LogP contribution < -0.4 is 10.6 Å². The SMILES string of the molecule is CC(CC1COCCN1)NCC1CCN(Cc2ccccc2)C1. The Morgan fingerprint density at radius 2 is 2.22 bits per heavy atom. The molecular weight excluding hydrogens is 286 g/mol. The molecule has 3 atom stereocenters. The third-order valence-corrected chi connectivity index (χ3v) is 5.01. The van der Waals surface area contributed by atoms with Crippen molar-refractivity contribution in [1.82, 2.24) is 15.5 Å². The van der Waals surface area contributed by atoms with Crippen LogP contribution in [0.3, 0.4) is 0 Å². The molecule has 0 saturated carbocycles. The van der Waals surface area contributed by atoms with Gasteiger partial charge in [-0.05, 0) is 44.3 Å². The number of rotatable bonds is 7. The van der Waals surface area contributed by atoms with Crippen molar-refractivity contribution in [1.29, 1.82) is 0 Å². The predicted octanol–water partition coefficient (Wildman–Crippen LogP) is 1.87. The summed E-state index contributed by atoms with van der Waals surface area (Å²) in [4.78, 5) is 2.59. The molecule has 128 valence electrons. The maximum absolute atomic E-state index is 5.53. The van der Waals surface area contributed by atoms with Crippen molar-refractivity contribution >= 4 is 0 Å². The summed E-state index contributed by atoms with van der Waals surface area (Å²) in [6.45, 7) is 9.70. The lowest BCUT2D eigenvalue weighted by atomic mass is 10.1. The Labute approximate surface area is 140 Å². The van der Waals surface area contributed by atoms with E-state index in [0.717, 1.165) is 45.2 Å². The largest absolute Gasteiger partial charge is 0.379 e. The van der Waals surface area contributed by atoms with Crippen molar-refractivity contribution in [3.63, 3.8) is 0 Å². The molecule has 0 amide bonds. The first-order valence-electron chi connectivity index (χ1n) is 9.10. The molecular formula is C19H31N3O. The molecule has 0 aliphatic carbocycles. The van der Waals surface area contributed by atoms with Gasteiger partial charge < -0.3 is 15.4 Å². The molecule has 0 bridgehead atoms. The summed E-state index contributed by atoms with van der Waals surface area (Å²) in [5, 5.41) is 7.27. The topological polar surface area (TPSA) is 36.5 Å². The third-order valence-electron chi connectivity index (χ3n) is 5.01. The summed E-state index contributed by atoms with van der Waals surface area (Å²) < 4.78 is 5.53. The number of ether oxygens (including phenoxy) is 1. The molecule has 2 fully saturated rings. The zero-order valence-corrected chi connectivity index (χ0v) is 14.3.